The lowest BCUT2D eigenvalue weighted by molar-refractivity contribution is -0.0167. The second-order valence-electron chi connectivity index (χ2n) is 11.7. The van der Waals surface area contributed by atoms with Crippen molar-refractivity contribution in [1.82, 2.24) is 4.90 Å². The summed E-state index contributed by atoms with van der Waals surface area (Å²) in [7, 11) is 0. The van der Waals surface area contributed by atoms with Crippen molar-refractivity contribution in [3.8, 4) is 5.75 Å². The van der Waals surface area contributed by atoms with Gasteiger partial charge in [0.05, 0.1) is 12.2 Å². The molecule has 1 amide bonds. The van der Waals surface area contributed by atoms with Crippen molar-refractivity contribution in [2.45, 2.75) is 78.1 Å². The molecule has 0 N–H and O–H groups in total. The number of carbonyl (C=O) groups excluding carboxylic acids is 1. The topological polar surface area (TPSA) is 29.5 Å². The molecule has 4 aliphatic rings. The summed E-state index contributed by atoms with van der Waals surface area (Å²) in [6, 6.07) is 3.34. The minimum Gasteiger partial charge on any atom is -0.493 e. The molecule has 3 aliphatic carbocycles. The summed E-state index contributed by atoms with van der Waals surface area (Å²) in [6.45, 7) is 9.07. The number of fused-ring (bicyclic) bond motifs is 2. The molecule has 1 aromatic carbocycles. The Morgan fingerprint density at radius 3 is 2.39 bits per heavy atom. The van der Waals surface area contributed by atoms with Gasteiger partial charge in [-0.05, 0) is 92.6 Å². The number of hydrogen-bond donors (Lipinski definition) is 0. The van der Waals surface area contributed by atoms with Crippen LogP contribution >= 0.6 is 0 Å². The highest BCUT2D eigenvalue weighted by Gasteiger charge is 2.45. The fourth-order valence-corrected chi connectivity index (χ4v) is 7.18. The van der Waals surface area contributed by atoms with Gasteiger partial charge in [-0.3, -0.25) is 4.79 Å². The first-order valence-electron chi connectivity index (χ1n) is 12.6. The number of halogens is 1. The van der Waals surface area contributed by atoms with Crippen molar-refractivity contribution in [2.24, 2.45) is 29.1 Å². The van der Waals surface area contributed by atoms with Crippen LogP contribution in [0.5, 0.6) is 5.75 Å². The average molecular weight is 428 g/mol. The molecule has 0 spiro atoms. The van der Waals surface area contributed by atoms with Crippen molar-refractivity contribution in [3.05, 3.63) is 29.1 Å². The molecular weight excluding hydrogens is 389 g/mol. The van der Waals surface area contributed by atoms with Crippen LogP contribution in [0.3, 0.4) is 0 Å². The van der Waals surface area contributed by atoms with Gasteiger partial charge in [0, 0.05) is 24.6 Å². The van der Waals surface area contributed by atoms with E-state index in [1.807, 2.05) is 11.0 Å². The lowest BCUT2D eigenvalue weighted by atomic mass is 9.57. The first-order chi connectivity index (χ1) is 14.8. The number of benzene rings is 1. The van der Waals surface area contributed by atoms with Gasteiger partial charge in [-0.1, -0.05) is 20.8 Å². The van der Waals surface area contributed by atoms with Crippen molar-refractivity contribution < 1.29 is 13.9 Å². The predicted octanol–water partition coefficient (Wildman–Crippen LogP) is 6.42. The van der Waals surface area contributed by atoms with Crippen LogP contribution < -0.4 is 4.74 Å². The summed E-state index contributed by atoms with van der Waals surface area (Å²) in [5.41, 5.74) is 1.52. The number of amides is 1. The summed E-state index contributed by atoms with van der Waals surface area (Å²) in [5.74, 6) is 3.34. The highest BCUT2D eigenvalue weighted by atomic mass is 19.1. The Labute approximate surface area is 186 Å². The molecule has 3 saturated carbocycles. The van der Waals surface area contributed by atoms with Crippen LogP contribution in [0.25, 0.3) is 0 Å². The third kappa shape index (κ3) is 4.36. The Hall–Kier alpha value is -1.58. The quantitative estimate of drug-likeness (QED) is 0.543. The Morgan fingerprint density at radius 2 is 1.77 bits per heavy atom. The van der Waals surface area contributed by atoms with E-state index in [0.29, 0.717) is 24.2 Å². The second kappa shape index (κ2) is 8.08. The zero-order chi connectivity index (χ0) is 21.8. The second-order valence-corrected chi connectivity index (χ2v) is 11.7. The Bertz CT molecular complexity index is 828. The first-order valence-corrected chi connectivity index (χ1v) is 12.6. The normalized spacial score (nSPS) is 35.3. The van der Waals surface area contributed by atoms with E-state index < -0.39 is 5.82 Å². The van der Waals surface area contributed by atoms with Crippen molar-refractivity contribution in [2.75, 3.05) is 19.7 Å². The third-order valence-electron chi connectivity index (χ3n) is 8.35. The lowest BCUT2D eigenvalue weighted by Crippen LogP contribution is -2.43. The van der Waals surface area contributed by atoms with Gasteiger partial charge in [0.1, 0.15) is 11.6 Å². The number of nitrogens with zero attached hydrogens (tertiary/aromatic N) is 1. The van der Waals surface area contributed by atoms with E-state index in [2.05, 4.69) is 20.8 Å². The molecule has 0 aromatic heterocycles. The molecule has 4 heteroatoms. The zero-order valence-corrected chi connectivity index (χ0v) is 19.5. The SMILES string of the molecule is CC1CC2CC(C)CC(COc3cc(F)c(C(=O)N4CC[C@H](C)C4)cc3C3CC3)(C1)C2. The highest BCUT2D eigenvalue weighted by molar-refractivity contribution is 5.95. The summed E-state index contributed by atoms with van der Waals surface area (Å²) in [6.07, 6.45) is 9.61. The molecular formula is C27H38FNO2. The van der Waals surface area contributed by atoms with Gasteiger partial charge in [-0.2, -0.15) is 0 Å². The van der Waals surface area contributed by atoms with E-state index >= 15 is 4.39 Å². The van der Waals surface area contributed by atoms with E-state index in [1.54, 1.807) is 0 Å². The molecule has 3 atom stereocenters. The van der Waals surface area contributed by atoms with Gasteiger partial charge in [-0.25, -0.2) is 4.39 Å². The van der Waals surface area contributed by atoms with Crippen LogP contribution in [-0.2, 0) is 0 Å². The summed E-state index contributed by atoms with van der Waals surface area (Å²) >= 11 is 0. The standard InChI is InChI=1S/C27H38FNO2/c1-17-6-7-29(15-17)26(30)23-10-22(21-4-5-21)25(11-24(23)28)31-16-27-12-18(2)8-20(14-27)9-19(3)13-27/h10-11,17-21H,4-9,12-16H2,1-3H3/t17-,18?,19?,20?,27?/m0/s1. The Kier molecular flexibility index (Phi) is 5.55. The molecule has 0 radical (unpaired) electrons. The predicted molar refractivity (Wildman–Crippen MR) is 121 cm³/mol. The fraction of sp³-hybridized carbons (Fsp3) is 0.741. The summed E-state index contributed by atoms with van der Waals surface area (Å²) < 4.78 is 21.6. The monoisotopic (exact) mass is 427 g/mol. The number of hydrogen-bond acceptors (Lipinski definition) is 2. The molecule has 3 nitrogen and oxygen atoms in total. The van der Waals surface area contributed by atoms with Gasteiger partial charge in [0.2, 0.25) is 0 Å². The molecule has 1 saturated heterocycles. The fourth-order valence-electron chi connectivity index (χ4n) is 7.18. The number of carbonyl (C=O) groups is 1. The first kappa shape index (κ1) is 21.3. The van der Waals surface area contributed by atoms with Gasteiger partial charge < -0.3 is 9.64 Å². The lowest BCUT2D eigenvalue weighted by Gasteiger charge is -2.49. The molecule has 31 heavy (non-hydrogen) atoms. The molecule has 170 valence electrons. The molecule has 5 rings (SSSR count). The minimum atomic E-state index is -0.423. The Balaban J connectivity index is 1.37. The summed E-state index contributed by atoms with van der Waals surface area (Å²) in [5, 5.41) is 0. The third-order valence-corrected chi connectivity index (χ3v) is 8.35. The molecule has 1 aliphatic heterocycles. The van der Waals surface area contributed by atoms with E-state index in [1.165, 1.54) is 38.2 Å². The smallest absolute Gasteiger partial charge is 0.256 e. The van der Waals surface area contributed by atoms with E-state index in [-0.39, 0.29) is 16.9 Å². The van der Waals surface area contributed by atoms with Crippen LogP contribution in [0.2, 0.25) is 0 Å². The largest absolute Gasteiger partial charge is 0.493 e. The van der Waals surface area contributed by atoms with E-state index in [0.717, 1.165) is 55.7 Å². The van der Waals surface area contributed by atoms with Crippen molar-refractivity contribution in [3.63, 3.8) is 0 Å². The number of likely N-dealkylation sites (tertiary alicyclic amines) is 1. The highest BCUT2D eigenvalue weighted by Crippen LogP contribution is 2.53. The van der Waals surface area contributed by atoms with E-state index in [9.17, 15) is 4.79 Å². The number of ether oxygens (including phenoxy) is 1. The maximum atomic E-state index is 15.1. The van der Waals surface area contributed by atoms with Gasteiger partial charge >= 0.3 is 0 Å². The molecule has 1 heterocycles. The maximum absolute atomic E-state index is 15.1. The van der Waals surface area contributed by atoms with Crippen LogP contribution in [0, 0.1) is 34.9 Å². The van der Waals surface area contributed by atoms with Gasteiger partial charge in [0.25, 0.3) is 5.91 Å². The minimum absolute atomic E-state index is 0.154. The maximum Gasteiger partial charge on any atom is 0.256 e. The van der Waals surface area contributed by atoms with E-state index in [4.69, 9.17) is 4.74 Å². The average Bonchev–Trinajstić information content (AvgIpc) is 3.45. The van der Waals surface area contributed by atoms with Gasteiger partial charge in [0.15, 0.2) is 0 Å². The van der Waals surface area contributed by atoms with Gasteiger partial charge in [-0.15, -0.1) is 0 Å². The van der Waals surface area contributed by atoms with Crippen LogP contribution in [0.1, 0.15) is 94.0 Å². The molecule has 2 unspecified atom stereocenters. The van der Waals surface area contributed by atoms with Crippen molar-refractivity contribution >= 4 is 5.91 Å². The number of rotatable bonds is 5. The molecule has 1 aromatic rings. The molecule has 2 bridgehead atoms. The van der Waals surface area contributed by atoms with Crippen LogP contribution in [0.15, 0.2) is 12.1 Å². The van der Waals surface area contributed by atoms with Crippen LogP contribution in [-0.4, -0.2) is 30.5 Å². The van der Waals surface area contributed by atoms with Crippen LogP contribution in [0.4, 0.5) is 4.39 Å². The summed E-state index contributed by atoms with van der Waals surface area (Å²) in [4.78, 5) is 14.8. The Morgan fingerprint density at radius 1 is 1.06 bits per heavy atom. The van der Waals surface area contributed by atoms with Crippen molar-refractivity contribution in [1.29, 1.82) is 0 Å². The molecule has 4 fully saturated rings. The zero-order valence-electron chi connectivity index (χ0n) is 19.5.